The lowest BCUT2D eigenvalue weighted by molar-refractivity contribution is -0.00488. The van der Waals surface area contributed by atoms with Crippen LogP contribution in [-0.2, 0) is 11.2 Å². The molecule has 1 aliphatic heterocycles. The average molecular weight is 332 g/mol. The smallest absolute Gasteiger partial charge is 0.318 e. The largest absolute Gasteiger partial charge is 0.393 e. The Labute approximate surface area is 144 Å². The van der Waals surface area contributed by atoms with Gasteiger partial charge in [0.1, 0.15) is 0 Å². The van der Waals surface area contributed by atoms with Gasteiger partial charge in [-0.2, -0.15) is 0 Å². The van der Waals surface area contributed by atoms with E-state index in [0.717, 1.165) is 19.3 Å². The number of fused-ring (bicyclic) bond motifs is 1. The Morgan fingerprint density at radius 3 is 3.08 bits per heavy atom. The van der Waals surface area contributed by atoms with E-state index in [9.17, 15) is 9.90 Å². The molecule has 132 valence electrons. The van der Waals surface area contributed by atoms with Crippen LogP contribution in [0.5, 0.6) is 0 Å². The highest BCUT2D eigenvalue weighted by molar-refractivity contribution is 5.75. The fraction of sp³-hybridized carbons (Fsp3) is 0.632. The van der Waals surface area contributed by atoms with Gasteiger partial charge in [-0.25, -0.2) is 4.79 Å². The van der Waals surface area contributed by atoms with Gasteiger partial charge in [0.05, 0.1) is 31.4 Å². The molecule has 3 atom stereocenters. The van der Waals surface area contributed by atoms with Crippen LogP contribution in [0.3, 0.4) is 0 Å². The molecule has 5 nitrogen and oxygen atoms in total. The van der Waals surface area contributed by atoms with Crippen molar-refractivity contribution < 1.29 is 14.6 Å². The van der Waals surface area contributed by atoms with E-state index >= 15 is 0 Å². The van der Waals surface area contributed by atoms with Crippen molar-refractivity contribution in [3.8, 4) is 0 Å². The number of aliphatic hydroxyl groups excluding tert-OH is 1. The molecule has 5 heteroatoms. The zero-order valence-electron chi connectivity index (χ0n) is 14.4. The van der Waals surface area contributed by atoms with Crippen LogP contribution in [0.4, 0.5) is 4.79 Å². The van der Waals surface area contributed by atoms with Crippen LogP contribution >= 0.6 is 0 Å². The molecule has 0 radical (unpaired) electrons. The number of nitrogens with one attached hydrogen (secondary N) is 1. The first kappa shape index (κ1) is 17.2. The van der Waals surface area contributed by atoms with Crippen LogP contribution in [0.15, 0.2) is 24.3 Å². The van der Waals surface area contributed by atoms with Crippen LogP contribution in [-0.4, -0.2) is 47.9 Å². The average Bonchev–Trinajstić information content (AvgIpc) is 2.77. The number of aryl methyl sites for hydroxylation is 1. The topological polar surface area (TPSA) is 61.8 Å². The van der Waals surface area contributed by atoms with Crippen molar-refractivity contribution in [1.29, 1.82) is 0 Å². The predicted molar refractivity (Wildman–Crippen MR) is 92.9 cm³/mol. The minimum absolute atomic E-state index is 0.0364. The molecule has 0 aromatic heterocycles. The molecule has 1 heterocycles. The van der Waals surface area contributed by atoms with E-state index in [0.29, 0.717) is 26.2 Å². The number of carbonyl (C=O) groups is 1. The standard InChI is InChI=1S/C19H28N2O3/c1-14(22)12-16-13-24-11-10-21(16)19(23)20-18-9-5-3-7-15-6-2-4-8-17(15)18/h2,4,6,8,14,16,18,22H,3,5,7,9-13H2,1H3,(H,20,23)/t14-,16-,18+/m0/s1. The molecule has 0 spiro atoms. The highest BCUT2D eigenvalue weighted by atomic mass is 16.5. The lowest BCUT2D eigenvalue weighted by Crippen LogP contribution is -2.53. The van der Waals surface area contributed by atoms with E-state index < -0.39 is 6.10 Å². The molecular weight excluding hydrogens is 304 g/mol. The third-order valence-electron chi connectivity index (χ3n) is 5.02. The fourth-order valence-electron chi connectivity index (χ4n) is 3.81. The number of ether oxygens (including phenoxy) is 1. The van der Waals surface area contributed by atoms with Gasteiger partial charge in [-0.1, -0.05) is 30.7 Å². The first-order valence-electron chi connectivity index (χ1n) is 9.06. The summed E-state index contributed by atoms with van der Waals surface area (Å²) in [5, 5.41) is 12.9. The maximum absolute atomic E-state index is 12.9. The number of hydrogen-bond acceptors (Lipinski definition) is 3. The molecule has 2 amide bonds. The van der Waals surface area contributed by atoms with Crippen molar-refractivity contribution in [2.75, 3.05) is 19.8 Å². The second kappa shape index (κ2) is 7.99. The number of rotatable bonds is 3. The number of amides is 2. The number of benzene rings is 1. The maximum Gasteiger partial charge on any atom is 0.318 e. The number of urea groups is 1. The summed E-state index contributed by atoms with van der Waals surface area (Å²) in [6, 6.07) is 8.41. The monoisotopic (exact) mass is 332 g/mol. The van der Waals surface area contributed by atoms with Gasteiger partial charge in [0, 0.05) is 6.54 Å². The van der Waals surface area contributed by atoms with Crippen molar-refractivity contribution in [2.24, 2.45) is 0 Å². The van der Waals surface area contributed by atoms with Gasteiger partial charge in [0.25, 0.3) is 0 Å². The highest BCUT2D eigenvalue weighted by Crippen LogP contribution is 2.29. The number of aliphatic hydroxyl groups is 1. The highest BCUT2D eigenvalue weighted by Gasteiger charge is 2.30. The third-order valence-corrected chi connectivity index (χ3v) is 5.02. The summed E-state index contributed by atoms with van der Waals surface area (Å²) < 4.78 is 5.50. The van der Waals surface area contributed by atoms with Crippen molar-refractivity contribution in [2.45, 2.75) is 57.2 Å². The van der Waals surface area contributed by atoms with E-state index in [1.807, 2.05) is 11.0 Å². The van der Waals surface area contributed by atoms with E-state index in [-0.39, 0.29) is 18.1 Å². The number of carbonyl (C=O) groups excluding carboxylic acids is 1. The van der Waals surface area contributed by atoms with Crippen molar-refractivity contribution in [3.05, 3.63) is 35.4 Å². The predicted octanol–water partition coefficient (Wildman–Crippen LogP) is 2.64. The molecule has 1 aromatic rings. The Morgan fingerprint density at radius 1 is 1.42 bits per heavy atom. The number of hydrogen-bond donors (Lipinski definition) is 2. The fourth-order valence-corrected chi connectivity index (χ4v) is 3.81. The van der Waals surface area contributed by atoms with Crippen LogP contribution in [0.25, 0.3) is 0 Å². The lowest BCUT2D eigenvalue weighted by Gasteiger charge is -2.37. The Bertz CT molecular complexity index is 561. The lowest BCUT2D eigenvalue weighted by atomic mass is 9.99. The molecule has 0 unspecified atom stereocenters. The molecule has 3 rings (SSSR count). The first-order chi connectivity index (χ1) is 11.6. The Hall–Kier alpha value is -1.59. The summed E-state index contributed by atoms with van der Waals surface area (Å²) in [7, 11) is 0. The minimum Gasteiger partial charge on any atom is -0.393 e. The SMILES string of the molecule is C[C@H](O)C[C@H]1COCCN1C(=O)N[C@@H]1CCCCc2ccccc21. The molecule has 2 N–H and O–H groups in total. The molecule has 1 fully saturated rings. The third kappa shape index (κ3) is 4.08. The molecule has 1 aromatic carbocycles. The van der Waals surface area contributed by atoms with E-state index in [1.54, 1.807) is 6.92 Å². The number of morpholine rings is 1. The van der Waals surface area contributed by atoms with Crippen molar-refractivity contribution in [1.82, 2.24) is 10.2 Å². The maximum atomic E-state index is 12.9. The van der Waals surface area contributed by atoms with Gasteiger partial charge in [-0.3, -0.25) is 0 Å². The van der Waals surface area contributed by atoms with Crippen molar-refractivity contribution in [3.63, 3.8) is 0 Å². The molecular formula is C19H28N2O3. The number of nitrogens with zero attached hydrogens (tertiary/aromatic N) is 1. The van der Waals surface area contributed by atoms with Gasteiger partial charge < -0.3 is 20.1 Å². The van der Waals surface area contributed by atoms with Crippen LogP contribution in [0.2, 0.25) is 0 Å². The van der Waals surface area contributed by atoms with E-state index in [4.69, 9.17) is 4.74 Å². The van der Waals surface area contributed by atoms with Crippen LogP contribution < -0.4 is 5.32 Å². The van der Waals surface area contributed by atoms with Crippen LogP contribution in [0.1, 0.15) is 49.8 Å². The molecule has 2 aliphatic rings. The Kier molecular flexibility index (Phi) is 5.74. The molecule has 0 saturated carbocycles. The summed E-state index contributed by atoms with van der Waals surface area (Å²) >= 11 is 0. The quantitative estimate of drug-likeness (QED) is 0.837. The van der Waals surface area contributed by atoms with Crippen LogP contribution in [0, 0.1) is 0 Å². The van der Waals surface area contributed by atoms with Gasteiger partial charge in [-0.15, -0.1) is 0 Å². The summed E-state index contributed by atoms with van der Waals surface area (Å²) in [5.41, 5.74) is 2.60. The van der Waals surface area contributed by atoms with E-state index in [1.165, 1.54) is 17.5 Å². The second-order valence-electron chi connectivity index (χ2n) is 6.95. The van der Waals surface area contributed by atoms with Gasteiger partial charge >= 0.3 is 6.03 Å². The first-order valence-corrected chi connectivity index (χ1v) is 9.06. The van der Waals surface area contributed by atoms with Gasteiger partial charge in [0.2, 0.25) is 0 Å². The molecule has 1 aliphatic carbocycles. The zero-order chi connectivity index (χ0) is 16.9. The molecule has 24 heavy (non-hydrogen) atoms. The van der Waals surface area contributed by atoms with Gasteiger partial charge in [0.15, 0.2) is 0 Å². The summed E-state index contributed by atoms with van der Waals surface area (Å²) in [6.07, 6.45) is 4.48. The normalized spacial score (nSPS) is 25.5. The minimum atomic E-state index is -0.439. The summed E-state index contributed by atoms with van der Waals surface area (Å²) in [6.45, 7) is 3.40. The second-order valence-corrected chi connectivity index (χ2v) is 6.95. The Balaban J connectivity index is 1.71. The zero-order valence-corrected chi connectivity index (χ0v) is 14.4. The molecule has 1 saturated heterocycles. The van der Waals surface area contributed by atoms with Gasteiger partial charge in [-0.05, 0) is 43.7 Å². The van der Waals surface area contributed by atoms with Crippen molar-refractivity contribution >= 4 is 6.03 Å². The summed E-state index contributed by atoms with van der Waals surface area (Å²) in [5.74, 6) is 0. The van der Waals surface area contributed by atoms with E-state index in [2.05, 4.69) is 23.5 Å². The molecule has 0 bridgehead atoms. The Morgan fingerprint density at radius 2 is 2.25 bits per heavy atom. The summed E-state index contributed by atoms with van der Waals surface area (Å²) in [4.78, 5) is 14.7.